The van der Waals surface area contributed by atoms with Crippen LogP contribution < -0.4 is 4.74 Å². The van der Waals surface area contributed by atoms with Crippen LogP contribution in [0.25, 0.3) is 0 Å². The van der Waals surface area contributed by atoms with Crippen molar-refractivity contribution in [1.82, 2.24) is 9.97 Å². The van der Waals surface area contributed by atoms with Crippen molar-refractivity contribution in [2.24, 2.45) is 0 Å². The Morgan fingerprint density at radius 3 is 2.17 bits per heavy atom. The number of rotatable bonds is 10. The van der Waals surface area contributed by atoms with Crippen molar-refractivity contribution in [2.75, 3.05) is 0 Å². The third-order valence-electron chi connectivity index (χ3n) is 4.04. The van der Waals surface area contributed by atoms with Gasteiger partial charge in [0, 0.05) is 12.4 Å². The van der Waals surface area contributed by atoms with Crippen LogP contribution in [0.3, 0.4) is 0 Å². The van der Waals surface area contributed by atoms with Crippen molar-refractivity contribution in [3.05, 3.63) is 47.9 Å². The molecule has 23 heavy (non-hydrogen) atoms. The SMILES string of the molecule is CCCCCCCCCc1ccc(Oc2nccnc2C)cc1. The molecular formula is C20H28N2O. The molecule has 124 valence electrons. The summed E-state index contributed by atoms with van der Waals surface area (Å²) in [6.07, 6.45) is 13.9. The highest BCUT2D eigenvalue weighted by Crippen LogP contribution is 2.22. The number of ether oxygens (including phenoxy) is 1. The summed E-state index contributed by atoms with van der Waals surface area (Å²) in [7, 11) is 0. The Kier molecular flexibility index (Phi) is 7.58. The fourth-order valence-corrected chi connectivity index (χ4v) is 2.62. The molecule has 1 aromatic carbocycles. The minimum atomic E-state index is 0.576. The van der Waals surface area contributed by atoms with Gasteiger partial charge >= 0.3 is 0 Å². The van der Waals surface area contributed by atoms with Crippen LogP contribution in [0.1, 0.15) is 63.1 Å². The molecule has 3 nitrogen and oxygen atoms in total. The van der Waals surface area contributed by atoms with Gasteiger partial charge in [0.1, 0.15) is 5.75 Å². The Hall–Kier alpha value is -1.90. The van der Waals surface area contributed by atoms with Gasteiger partial charge in [0.15, 0.2) is 0 Å². The lowest BCUT2D eigenvalue weighted by atomic mass is 10.0. The Labute approximate surface area is 140 Å². The highest BCUT2D eigenvalue weighted by molar-refractivity contribution is 5.31. The van der Waals surface area contributed by atoms with E-state index in [-0.39, 0.29) is 0 Å². The number of unbranched alkanes of at least 4 members (excludes halogenated alkanes) is 6. The van der Waals surface area contributed by atoms with Crippen LogP contribution >= 0.6 is 0 Å². The minimum Gasteiger partial charge on any atom is -0.437 e. The van der Waals surface area contributed by atoms with Gasteiger partial charge in [-0.15, -0.1) is 0 Å². The lowest BCUT2D eigenvalue weighted by Crippen LogP contribution is -1.93. The van der Waals surface area contributed by atoms with Crippen LogP contribution in [0.5, 0.6) is 11.6 Å². The van der Waals surface area contributed by atoms with Gasteiger partial charge in [-0.05, 0) is 37.5 Å². The summed E-state index contributed by atoms with van der Waals surface area (Å²) in [4.78, 5) is 8.38. The lowest BCUT2D eigenvalue weighted by molar-refractivity contribution is 0.455. The first-order valence-electron chi connectivity index (χ1n) is 8.84. The lowest BCUT2D eigenvalue weighted by Gasteiger charge is -2.07. The monoisotopic (exact) mass is 312 g/mol. The Balaban J connectivity index is 1.71. The van der Waals surface area contributed by atoms with Crippen molar-refractivity contribution in [2.45, 2.75) is 65.2 Å². The van der Waals surface area contributed by atoms with Gasteiger partial charge in [0.05, 0.1) is 5.69 Å². The number of aryl methyl sites for hydroxylation is 2. The number of hydrogen-bond acceptors (Lipinski definition) is 3. The van der Waals surface area contributed by atoms with Crippen molar-refractivity contribution < 1.29 is 4.74 Å². The standard InChI is InChI=1S/C20H28N2O/c1-3-4-5-6-7-8-9-10-18-11-13-19(14-12-18)23-20-17(2)21-15-16-22-20/h11-16H,3-10H2,1-2H3. The molecule has 0 aliphatic rings. The third kappa shape index (κ3) is 6.39. The van der Waals surface area contributed by atoms with Crippen LogP contribution in [0.2, 0.25) is 0 Å². The van der Waals surface area contributed by atoms with E-state index in [0.29, 0.717) is 5.88 Å². The zero-order valence-corrected chi connectivity index (χ0v) is 14.4. The molecule has 1 heterocycles. The number of benzene rings is 1. The molecule has 1 aromatic heterocycles. The van der Waals surface area contributed by atoms with Crippen LogP contribution in [-0.2, 0) is 6.42 Å². The smallest absolute Gasteiger partial charge is 0.240 e. The Morgan fingerprint density at radius 2 is 1.48 bits per heavy atom. The zero-order valence-electron chi connectivity index (χ0n) is 14.4. The number of aromatic nitrogens is 2. The summed E-state index contributed by atoms with van der Waals surface area (Å²) in [6, 6.07) is 8.34. The first kappa shape index (κ1) is 17.5. The molecule has 0 radical (unpaired) electrons. The largest absolute Gasteiger partial charge is 0.437 e. The highest BCUT2D eigenvalue weighted by Gasteiger charge is 2.03. The number of nitrogens with zero attached hydrogens (tertiary/aromatic N) is 2. The fraction of sp³-hybridized carbons (Fsp3) is 0.500. The maximum absolute atomic E-state index is 5.77. The second kappa shape index (κ2) is 9.98. The van der Waals surface area contributed by atoms with Gasteiger partial charge in [-0.3, -0.25) is 4.98 Å². The van der Waals surface area contributed by atoms with E-state index in [1.807, 2.05) is 19.1 Å². The van der Waals surface area contributed by atoms with Crippen LogP contribution in [-0.4, -0.2) is 9.97 Å². The second-order valence-electron chi connectivity index (χ2n) is 6.06. The normalized spacial score (nSPS) is 10.7. The van der Waals surface area contributed by atoms with E-state index in [1.54, 1.807) is 12.4 Å². The Morgan fingerprint density at radius 1 is 0.826 bits per heavy atom. The van der Waals surface area contributed by atoms with Crippen molar-refractivity contribution >= 4 is 0 Å². The molecule has 0 saturated heterocycles. The fourth-order valence-electron chi connectivity index (χ4n) is 2.62. The summed E-state index contributed by atoms with van der Waals surface area (Å²) < 4.78 is 5.77. The third-order valence-corrected chi connectivity index (χ3v) is 4.04. The number of hydrogen-bond donors (Lipinski definition) is 0. The predicted octanol–water partition coefficient (Wildman–Crippen LogP) is 5.87. The maximum atomic E-state index is 5.77. The molecule has 3 heteroatoms. The molecule has 0 N–H and O–H groups in total. The first-order chi connectivity index (χ1) is 11.3. The van der Waals surface area contributed by atoms with Gasteiger partial charge in [0.25, 0.3) is 0 Å². The van der Waals surface area contributed by atoms with Crippen molar-refractivity contribution in [3.63, 3.8) is 0 Å². The minimum absolute atomic E-state index is 0.576. The van der Waals surface area contributed by atoms with E-state index in [1.165, 1.54) is 50.5 Å². The molecule has 0 atom stereocenters. The van der Waals surface area contributed by atoms with Gasteiger partial charge < -0.3 is 4.74 Å². The van der Waals surface area contributed by atoms with E-state index in [2.05, 4.69) is 29.0 Å². The molecule has 0 spiro atoms. The summed E-state index contributed by atoms with van der Waals surface area (Å²) in [5.41, 5.74) is 2.18. The van der Waals surface area contributed by atoms with Crippen molar-refractivity contribution in [1.29, 1.82) is 0 Å². The molecule has 2 aromatic rings. The summed E-state index contributed by atoms with van der Waals surface area (Å²) in [5.74, 6) is 1.39. The molecule has 0 unspecified atom stereocenters. The van der Waals surface area contributed by atoms with Crippen LogP contribution in [0.4, 0.5) is 0 Å². The van der Waals surface area contributed by atoms with Gasteiger partial charge in [0.2, 0.25) is 5.88 Å². The molecule has 2 rings (SSSR count). The maximum Gasteiger partial charge on any atom is 0.240 e. The summed E-state index contributed by atoms with van der Waals surface area (Å²) >= 11 is 0. The highest BCUT2D eigenvalue weighted by atomic mass is 16.5. The quantitative estimate of drug-likeness (QED) is 0.514. The van der Waals surface area contributed by atoms with Gasteiger partial charge in [-0.2, -0.15) is 0 Å². The first-order valence-corrected chi connectivity index (χ1v) is 8.84. The molecule has 0 saturated carbocycles. The molecule has 0 aliphatic heterocycles. The van der Waals surface area contributed by atoms with Crippen molar-refractivity contribution in [3.8, 4) is 11.6 Å². The van der Waals surface area contributed by atoms with Crippen LogP contribution in [0, 0.1) is 6.92 Å². The molecule has 0 fully saturated rings. The molecule has 0 bridgehead atoms. The van der Waals surface area contributed by atoms with Gasteiger partial charge in [-0.1, -0.05) is 57.6 Å². The zero-order chi connectivity index (χ0) is 16.3. The molecule has 0 amide bonds. The predicted molar refractivity (Wildman–Crippen MR) is 95.0 cm³/mol. The Bertz CT molecular complexity index is 566. The van der Waals surface area contributed by atoms with E-state index < -0.39 is 0 Å². The van der Waals surface area contributed by atoms with E-state index in [4.69, 9.17) is 4.74 Å². The average molecular weight is 312 g/mol. The summed E-state index contributed by atoms with van der Waals surface area (Å²) in [6.45, 7) is 4.16. The molecule has 0 aliphatic carbocycles. The van der Waals surface area contributed by atoms with Crippen LogP contribution in [0.15, 0.2) is 36.7 Å². The van der Waals surface area contributed by atoms with E-state index in [9.17, 15) is 0 Å². The van der Waals surface area contributed by atoms with E-state index >= 15 is 0 Å². The van der Waals surface area contributed by atoms with E-state index in [0.717, 1.165) is 17.9 Å². The summed E-state index contributed by atoms with van der Waals surface area (Å²) in [5, 5.41) is 0. The second-order valence-corrected chi connectivity index (χ2v) is 6.06. The topological polar surface area (TPSA) is 35.0 Å². The average Bonchev–Trinajstić information content (AvgIpc) is 2.57. The molecular weight excluding hydrogens is 284 g/mol. The van der Waals surface area contributed by atoms with Gasteiger partial charge in [-0.25, -0.2) is 4.98 Å².